The third-order valence-corrected chi connectivity index (χ3v) is 5.96. The van der Waals surface area contributed by atoms with Crippen molar-refractivity contribution in [2.45, 2.75) is 26.2 Å². The summed E-state index contributed by atoms with van der Waals surface area (Å²) in [6, 6.07) is 10.1. The van der Waals surface area contributed by atoms with E-state index in [9.17, 15) is 14.9 Å². The Labute approximate surface area is 200 Å². The van der Waals surface area contributed by atoms with Crippen molar-refractivity contribution < 1.29 is 9.53 Å². The number of halogens is 2. The minimum absolute atomic E-state index is 0.0222. The highest BCUT2D eigenvalue weighted by atomic mass is 35.5. The first-order valence-electron chi connectivity index (χ1n) is 10.4. The Kier molecular flexibility index (Phi) is 6.68. The number of hydrogen-bond acceptors (Lipinski definition) is 5. The van der Waals surface area contributed by atoms with E-state index in [2.05, 4.69) is 4.98 Å². The third kappa shape index (κ3) is 4.72. The second kappa shape index (κ2) is 9.65. The van der Waals surface area contributed by atoms with Crippen LogP contribution in [0.5, 0.6) is 11.6 Å². The Hall–Kier alpha value is -3.34. The van der Waals surface area contributed by atoms with Crippen LogP contribution < -0.4 is 10.3 Å². The summed E-state index contributed by atoms with van der Waals surface area (Å²) in [5, 5.41) is 10.4. The van der Waals surface area contributed by atoms with Crippen LogP contribution in [0.3, 0.4) is 0 Å². The van der Waals surface area contributed by atoms with Gasteiger partial charge in [-0.1, -0.05) is 29.3 Å². The molecular formula is C24H20Cl2N4O3. The molecule has 0 bridgehead atoms. The number of carbonyl (C=O) groups excluding carboxylic acids is 1. The molecule has 0 atom stereocenters. The lowest BCUT2D eigenvalue weighted by molar-refractivity contribution is -0.127. The Morgan fingerprint density at radius 1 is 1.21 bits per heavy atom. The van der Waals surface area contributed by atoms with Gasteiger partial charge in [-0.2, -0.15) is 10.2 Å². The van der Waals surface area contributed by atoms with Crippen molar-refractivity contribution in [3.8, 4) is 17.7 Å². The Morgan fingerprint density at radius 3 is 2.67 bits per heavy atom. The molecule has 3 heterocycles. The number of fused-ring (bicyclic) bond motifs is 1. The lowest BCUT2D eigenvalue weighted by atomic mass is 10.1. The number of aromatic nitrogens is 2. The summed E-state index contributed by atoms with van der Waals surface area (Å²) in [4.78, 5) is 32.5. The van der Waals surface area contributed by atoms with Gasteiger partial charge < -0.3 is 9.64 Å². The quantitative estimate of drug-likeness (QED) is 0.384. The zero-order valence-corrected chi connectivity index (χ0v) is 19.4. The van der Waals surface area contributed by atoms with Crippen LogP contribution in [0.15, 0.2) is 46.9 Å². The first-order valence-corrected chi connectivity index (χ1v) is 11.2. The van der Waals surface area contributed by atoms with Gasteiger partial charge in [-0.15, -0.1) is 0 Å². The third-order valence-electron chi connectivity index (χ3n) is 5.43. The fourth-order valence-electron chi connectivity index (χ4n) is 3.71. The second-order valence-corrected chi connectivity index (χ2v) is 8.56. The predicted molar refractivity (Wildman–Crippen MR) is 127 cm³/mol. The van der Waals surface area contributed by atoms with Gasteiger partial charge in [0, 0.05) is 24.3 Å². The summed E-state index contributed by atoms with van der Waals surface area (Å²) in [5.41, 5.74) is 0.493. The van der Waals surface area contributed by atoms with Crippen molar-refractivity contribution in [3.05, 3.63) is 73.6 Å². The fraction of sp³-hybridized carbons (Fsp3) is 0.250. The molecule has 168 valence electrons. The maximum atomic E-state index is 13.4. The predicted octanol–water partition coefficient (Wildman–Crippen LogP) is 5.02. The standard InChI is InChI=1S/C24H20Cl2N4O3/c1-15-6-5-11-30-21(15)28-22(33-20-8-7-17(25)13-19(20)26)18(24(30)32)12-16(14-27)23(31)29-9-3-2-4-10-29/h5-8,11-13H,2-4,9-10H2,1H3. The SMILES string of the molecule is Cc1cccn2c(=O)c(C=C(C#N)C(=O)N3CCCCC3)c(Oc3ccc(Cl)cc3Cl)nc12. The Balaban J connectivity index is 1.88. The van der Waals surface area contributed by atoms with E-state index < -0.39 is 11.5 Å². The number of nitrogens with zero attached hydrogens (tertiary/aromatic N) is 4. The molecule has 1 fully saturated rings. The molecule has 3 aromatic rings. The normalized spacial score (nSPS) is 14.2. The Morgan fingerprint density at radius 2 is 1.97 bits per heavy atom. The van der Waals surface area contributed by atoms with Crippen LogP contribution in [0.4, 0.5) is 0 Å². The van der Waals surface area contributed by atoms with Crippen molar-refractivity contribution >= 4 is 40.8 Å². The maximum Gasteiger partial charge on any atom is 0.269 e. The summed E-state index contributed by atoms with van der Waals surface area (Å²) in [6.07, 6.45) is 5.64. The minimum Gasteiger partial charge on any atom is -0.437 e. The van der Waals surface area contributed by atoms with Gasteiger partial charge in [0.25, 0.3) is 11.5 Å². The molecule has 0 saturated carbocycles. The van der Waals surface area contributed by atoms with Gasteiger partial charge in [0.05, 0.1) is 5.02 Å². The summed E-state index contributed by atoms with van der Waals surface area (Å²) < 4.78 is 7.27. The number of amides is 1. The van der Waals surface area contributed by atoms with E-state index in [-0.39, 0.29) is 27.8 Å². The molecule has 9 heteroatoms. The molecule has 1 amide bonds. The molecule has 1 saturated heterocycles. The largest absolute Gasteiger partial charge is 0.437 e. The van der Waals surface area contributed by atoms with Gasteiger partial charge in [-0.05, 0) is 62.1 Å². The molecule has 2 aromatic heterocycles. The summed E-state index contributed by atoms with van der Waals surface area (Å²) in [7, 11) is 0. The van der Waals surface area contributed by atoms with E-state index in [0.717, 1.165) is 24.8 Å². The van der Waals surface area contributed by atoms with Crippen molar-refractivity contribution in [2.75, 3.05) is 13.1 Å². The molecule has 0 N–H and O–H groups in total. The monoisotopic (exact) mass is 482 g/mol. The maximum absolute atomic E-state index is 13.4. The summed E-state index contributed by atoms with van der Waals surface area (Å²) in [6.45, 7) is 2.97. The van der Waals surface area contributed by atoms with Crippen LogP contribution >= 0.6 is 23.2 Å². The van der Waals surface area contributed by atoms with E-state index in [1.165, 1.54) is 16.5 Å². The lowest BCUT2D eigenvalue weighted by Gasteiger charge is -2.26. The van der Waals surface area contributed by atoms with Crippen LogP contribution in [0.2, 0.25) is 10.0 Å². The number of nitriles is 1. The highest BCUT2D eigenvalue weighted by Gasteiger charge is 2.23. The number of pyridine rings is 1. The van der Waals surface area contributed by atoms with Gasteiger partial charge in [-0.25, -0.2) is 0 Å². The molecule has 1 aliphatic heterocycles. The minimum atomic E-state index is -0.469. The summed E-state index contributed by atoms with van der Waals surface area (Å²) in [5.74, 6) is -0.236. The van der Waals surface area contributed by atoms with Crippen LogP contribution in [0.1, 0.15) is 30.4 Å². The first-order chi connectivity index (χ1) is 15.9. The van der Waals surface area contributed by atoms with E-state index in [0.29, 0.717) is 23.8 Å². The van der Waals surface area contributed by atoms with Crippen LogP contribution in [0, 0.1) is 18.3 Å². The van der Waals surface area contributed by atoms with Crippen molar-refractivity contribution in [1.29, 1.82) is 5.26 Å². The molecule has 0 radical (unpaired) electrons. The van der Waals surface area contributed by atoms with E-state index in [1.54, 1.807) is 29.3 Å². The number of likely N-dealkylation sites (tertiary alicyclic amines) is 1. The number of ether oxygens (including phenoxy) is 1. The molecule has 0 aliphatic carbocycles. The molecule has 0 spiro atoms. The number of aryl methyl sites for hydroxylation is 1. The number of benzene rings is 1. The highest BCUT2D eigenvalue weighted by molar-refractivity contribution is 6.35. The second-order valence-electron chi connectivity index (χ2n) is 7.72. The molecule has 33 heavy (non-hydrogen) atoms. The average molecular weight is 483 g/mol. The van der Waals surface area contributed by atoms with E-state index in [4.69, 9.17) is 27.9 Å². The van der Waals surface area contributed by atoms with Gasteiger partial charge in [0.2, 0.25) is 5.88 Å². The van der Waals surface area contributed by atoms with Crippen LogP contribution in [-0.4, -0.2) is 33.3 Å². The average Bonchev–Trinajstić information content (AvgIpc) is 2.81. The Bertz CT molecular complexity index is 1370. The molecular weight excluding hydrogens is 463 g/mol. The molecule has 1 aliphatic rings. The summed E-state index contributed by atoms with van der Waals surface area (Å²) >= 11 is 12.2. The first kappa shape index (κ1) is 22.8. The number of hydrogen-bond donors (Lipinski definition) is 0. The fourth-order valence-corrected chi connectivity index (χ4v) is 4.16. The van der Waals surface area contributed by atoms with Gasteiger partial charge in [0.15, 0.2) is 0 Å². The zero-order chi connectivity index (χ0) is 23.5. The van der Waals surface area contributed by atoms with Crippen LogP contribution in [-0.2, 0) is 4.79 Å². The highest BCUT2D eigenvalue weighted by Crippen LogP contribution is 2.32. The zero-order valence-electron chi connectivity index (χ0n) is 17.8. The molecule has 7 nitrogen and oxygen atoms in total. The number of carbonyl (C=O) groups is 1. The van der Waals surface area contributed by atoms with Gasteiger partial charge >= 0.3 is 0 Å². The lowest BCUT2D eigenvalue weighted by Crippen LogP contribution is -2.36. The van der Waals surface area contributed by atoms with Crippen molar-refractivity contribution in [1.82, 2.24) is 14.3 Å². The van der Waals surface area contributed by atoms with E-state index in [1.807, 2.05) is 19.1 Å². The molecule has 1 aromatic carbocycles. The van der Waals surface area contributed by atoms with Crippen LogP contribution in [0.25, 0.3) is 11.7 Å². The van der Waals surface area contributed by atoms with Crippen molar-refractivity contribution in [3.63, 3.8) is 0 Å². The smallest absolute Gasteiger partial charge is 0.269 e. The van der Waals surface area contributed by atoms with Crippen molar-refractivity contribution in [2.24, 2.45) is 0 Å². The number of piperidine rings is 1. The molecule has 0 unspecified atom stereocenters. The van der Waals surface area contributed by atoms with Gasteiger partial charge in [0.1, 0.15) is 28.6 Å². The van der Waals surface area contributed by atoms with E-state index >= 15 is 0 Å². The molecule has 4 rings (SSSR count). The number of rotatable bonds is 4. The van der Waals surface area contributed by atoms with Gasteiger partial charge in [-0.3, -0.25) is 14.0 Å². The topological polar surface area (TPSA) is 87.7 Å².